The number of nitrogens with one attached hydrogen (secondary N) is 1. The number of anilines is 1. The molecule has 0 bridgehead atoms. The van der Waals surface area contributed by atoms with Crippen LogP contribution in [0.4, 0.5) is 10.1 Å². The number of benzene rings is 2. The number of ether oxygens (including phenoxy) is 1. The van der Waals surface area contributed by atoms with Crippen LogP contribution < -0.4 is 5.32 Å². The first-order valence-corrected chi connectivity index (χ1v) is 11.1. The number of carbonyl (C=O) groups is 2. The van der Waals surface area contributed by atoms with Crippen molar-refractivity contribution in [1.29, 1.82) is 0 Å². The molecule has 5 rings (SSSR count). The number of carbonyl (C=O) groups excluding carboxylic acids is 2. The van der Waals surface area contributed by atoms with E-state index >= 15 is 0 Å². The first kappa shape index (κ1) is 21.9. The molecular weight excluding hydrogens is 439 g/mol. The zero-order valence-electron chi connectivity index (χ0n) is 18.3. The van der Waals surface area contributed by atoms with Gasteiger partial charge in [-0.25, -0.2) is 4.39 Å². The predicted molar refractivity (Wildman–Crippen MR) is 123 cm³/mol. The Morgan fingerprint density at radius 3 is 2.65 bits per heavy atom. The Morgan fingerprint density at radius 2 is 1.88 bits per heavy atom. The summed E-state index contributed by atoms with van der Waals surface area (Å²) in [6.07, 6.45) is 3.23. The fourth-order valence-corrected chi connectivity index (χ4v) is 4.13. The van der Waals surface area contributed by atoms with Crippen molar-refractivity contribution >= 4 is 28.5 Å². The lowest BCUT2D eigenvalue weighted by Gasteiger charge is -2.24. The number of nitrogens with zero attached hydrogens (tertiary/aromatic N) is 1. The maximum atomic E-state index is 14.2. The SMILES string of the molecule is O=C(Nc1c(C(=O)N(Cc2ccco2)C[C@H]2CCCO2)oc2ccccc12)c1ccccc1F. The molecule has 8 heteroatoms. The van der Waals surface area contributed by atoms with Gasteiger partial charge in [-0.05, 0) is 49.2 Å². The molecule has 2 amide bonds. The molecule has 0 saturated carbocycles. The van der Waals surface area contributed by atoms with Crippen molar-refractivity contribution in [2.75, 3.05) is 18.5 Å². The van der Waals surface area contributed by atoms with Crippen LogP contribution in [-0.4, -0.2) is 36.0 Å². The van der Waals surface area contributed by atoms with Crippen molar-refractivity contribution in [1.82, 2.24) is 4.90 Å². The van der Waals surface area contributed by atoms with E-state index in [1.807, 2.05) is 0 Å². The second-order valence-corrected chi connectivity index (χ2v) is 8.14. The number of fused-ring (bicyclic) bond motifs is 1. The second kappa shape index (κ2) is 9.52. The molecule has 2 aromatic heterocycles. The van der Waals surface area contributed by atoms with Gasteiger partial charge in [0.05, 0.1) is 24.5 Å². The molecule has 174 valence electrons. The van der Waals surface area contributed by atoms with Gasteiger partial charge < -0.3 is 23.8 Å². The fraction of sp³-hybridized carbons (Fsp3) is 0.231. The van der Waals surface area contributed by atoms with Gasteiger partial charge in [0, 0.05) is 18.5 Å². The van der Waals surface area contributed by atoms with E-state index in [9.17, 15) is 14.0 Å². The number of furan rings is 2. The molecule has 7 nitrogen and oxygen atoms in total. The lowest BCUT2D eigenvalue weighted by Crippen LogP contribution is -2.37. The Labute approximate surface area is 195 Å². The van der Waals surface area contributed by atoms with Crippen LogP contribution in [0.5, 0.6) is 0 Å². The van der Waals surface area contributed by atoms with E-state index in [4.69, 9.17) is 13.6 Å². The quantitative estimate of drug-likeness (QED) is 0.406. The molecule has 0 aliphatic carbocycles. The molecule has 4 aromatic rings. The molecule has 0 radical (unpaired) electrons. The van der Waals surface area contributed by atoms with Gasteiger partial charge in [-0.1, -0.05) is 24.3 Å². The average Bonchev–Trinajstić information content (AvgIpc) is 3.61. The minimum Gasteiger partial charge on any atom is -0.467 e. The molecule has 34 heavy (non-hydrogen) atoms. The van der Waals surface area contributed by atoms with Gasteiger partial charge in [0.1, 0.15) is 22.8 Å². The van der Waals surface area contributed by atoms with Crippen molar-refractivity contribution in [3.63, 3.8) is 0 Å². The lowest BCUT2D eigenvalue weighted by atomic mass is 10.1. The molecule has 1 aliphatic heterocycles. The smallest absolute Gasteiger partial charge is 0.292 e. The Kier molecular flexibility index (Phi) is 6.14. The zero-order chi connectivity index (χ0) is 23.5. The fourth-order valence-electron chi connectivity index (χ4n) is 4.13. The van der Waals surface area contributed by atoms with E-state index in [2.05, 4.69) is 5.32 Å². The standard InChI is InChI=1S/C26H23FN2O5/c27-21-11-3-1-9-19(21)25(30)28-23-20-10-2-4-12-22(20)34-24(23)26(31)29(15-17-7-5-13-32-17)16-18-8-6-14-33-18/h1-5,7,9-13,18H,6,8,14-16H2,(H,28,30)/t18-/m1/s1. The maximum Gasteiger partial charge on any atom is 0.292 e. The number of halogens is 1. The first-order valence-electron chi connectivity index (χ1n) is 11.1. The summed E-state index contributed by atoms with van der Waals surface area (Å²) in [5.41, 5.74) is 0.508. The van der Waals surface area contributed by atoms with Gasteiger partial charge in [-0.2, -0.15) is 0 Å². The Balaban J connectivity index is 1.51. The number of hydrogen-bond acceptors (Lipinski definition) is 5. The number of amides is 2. The van der Waals surface area contributed by atoms with Gasteiger partial charge in [0.25, 0.3) is 11.8 Å². The predicted octanol–water partition coefficient (Wildman–Crippen LogP) is 5.24. The van der Waals surface area contributed by atoms with Gasteiger partial charge >= 0.3 is 0 Å². The number of para-hydroxylation sites is 1. The highest BCUT2D eigenvalue weighted by Crippen LogP contribution is 2.33. The molecule has 1 aliphatic rings. The van der Waals surface area contributed by atoms with E-state index in [0.717, 1.165) is 12.8 Å². The molecule has 1 fully saturated rings. The molecule has 0 spiro atoms. The molecule has 1 saturated heterocycles. The van der Waals surface area contributed by atoms with E-state index < -0.39 is 17.6 Å². The van der Waals surface area contributed by atoms with Crippen molar-refractivity contribution < 1.29 is 27.6 Å². The zero-order valence-corrected chi connectivity index (χ0v) is 18.3. The summed E-state index contributed by atoms with van der Waals surface area (Å²) in [4.78, 5) is 28.2. The van der Waals surface area contributed by atoms with Gasteiger partial charge in [0.15, 0.2) is 0 Å². The molecular formula is C26H23FN2O5. The third-order valence-electron chi connectivity index (χ3n) is 5.81. The molecule has 1 atom stereocenters. The average molecular weight is 462 g/mol. The third kappa shape index (κ3) is 4.45. The second-order valence-electron chi connectivity index (χ2n) is 8.14. The van der Waals surface area contributed by atoms with Crippen LogP contribution in [-0.2, 0) is 11.3 Å². The minimum absolute atomic E-state index is 0.0320. The van der Waals surface area contributed by atoms with Crippen molar-refractivity contribution in [3.05, 3.63) is 89.8 Å². The van der Waals surface area contributed by atoms with Crippen LogP contribution in [0.3, 0.4) is 0 Å². The van der Waals surface area contributed by atoms with Crippen LogP contribution in [0.2, 0.25) is 0 Å². The highest BCUT2D eigenvalue weighted by atomic mass is 19.1. The highest BCUT2D eigenvalue weighted by molar-refractivity contribution is 6.14. The van der Waals surface area contributed by atoms with E-state index in [1.165, 1.54) is 18.2 Å². The summed E-state index contributed by atoms with van der Waals surface area (Å²) in [6.45, 7) is 1.21. The minimum atomic E-state index is -0.671. The highest BCUT2D eigenvalue weighted by Gasteiger charge is 2.30. The van der Waals surface area contributed by atoms with E-state index in [0.29, 0.717) is 29.9 Å². The summed E-state index contributed by atoms with van der Waals surface area (Å²) in [5.74, 6) is -1.17. The van der Waals surface area contributed by atoms with Gasteiger partial charge in [0.2, 0.25) is 5.76 Å². The first-order chi connectivity index (χ1) is 16.6. The van der Waals surface area contributed by atoms with Crippen molar-refractivity contribution in [2.24, 2.45) is 0 Å². The topological polar surface area (TPSA) is 84.9 Å². The number of hydrogen-bond donors (Lipinski definition) is 1. The van der Waals surface area contributed by atoms with Crippen LogP contribution in [0.25, 0.3) is 11.0 Å². The van der Waals surface area contributed by atoms with E-state index in [1.54, 1.807) is 53.6 Å². The van der Waals surface area contributed by atoms with Crippen LogP contribution in [0.1, 0.15) is 39.5 Å². The summed E-state index contributed by atoms with van der Waals surface area (Å²) in [5, 5.41) is 3.25. The summed E-state index contributed by atoms with van der Waals surface area (Å²) in [6, 6.07) is 16.2. The van der Waals surface area contributed by atoms with Crippen LogP contribution in [0.15, 0.2) is 75.8 Å². The van der Waals surface area contributed by atoms with Crippen LogP contribution in [0, 0.1) is 5.82 Å². The summed E-state index contributed by atoms with van der Waals surface area (Å²) in [7, 11) is 0. The normalized spacial score (nSPS) is 15.5. The lowest BCUT2D eigenvalue weighted by molar-refractivity contribution is 0.0471. The number of rotatable bonds is 7. The molecule has 0 unspecified atom stereocenters. The van der Waals surface area contributed by atoms with E-state index in [-0.39, 0.29) is 29.7 Å². The third-order valence-corrected chi connectivity index (χ3v) is 5.81. The molecule has 2 aromatic carbocycles. The Bertz CT molecular complexity index is 1310. The van der Waals surface area contributed by atoms with Crippen molar-refractivity contribution in [2.45, 2.75) is 25.5 Å². The molecule has 3 heterocycles. The monoisotopic (exact) mass is 462 g/mol. The Hall–Kier alpha value is -3.91. The maximum absolute atomic E-state index is 14.2. The Morgan fingerprint density at radius 1 is 1.06 bits per heavy atom. The van der Waals surface area contributed by atoms with Gasteiger partial charge in [-0.15, -0.1) is 0 Å². The van der Waals surface area contributed by atoms with Crippen LogP contribution >= 0.6 is 0 Å². The summed E-state index contributed by atoms with van der Waals surface area (Å²) < 4.78 is 31.4. The van der Waals surface area contributed by atoms with Gasteiger partial charge in [-0.3, -0.25) is 9.59 Å². The van der Waals surface area contributed by atoms with Crippen molar-refractivity contribution in [3.8, 4) is 0 Å². The summed E-state index contributed by atoms with van der Waals surface area (Å²) >= 11 is 0. The molecule has 1 N–H and O–H groups in total. The largest absolute Gasteiger partial charge is 0.467 e.